The number of amides is 2. The van der Waals surface area contributed by atoms with Crippen molar-refractivity contribution >= 4 is 17.5 Å². The maximum absolute atomic E-state index is 12.5. The van der Waals surface area contributed by atoms with Crippen LogP contribution in [0.2, 0.25) is 0 Å². The third-order valence-electron chi connectivity index (χ3n) is 4.98. The molecule has 2 aliphatic rings. The van der Waals surface area contributed by atoms with Crippen LogP contribution in [0.15, 0.2) is 24.3 Å². The maximum Gasteiger partial charge on any atom is 0.312 e. The summed E-state index contributed by atoms with van der Waals surface area (Å²) in [6.45, 7) is 5.52. The predicted octanol–water partition coefficient (Wildman–Crippen LogP) is 0.118. The molecule has 2 fully saturated rings. The average molecular weight is 346 g/mol. The second-order valence-electron chi connectivity index (χ2n) is 6.57. The Hall–Kier alpha value is -2.28. The standard InChI is InChI=1S/C18H26N4O3/c1-19-7-9-21(10-8-19)17(23)18(24)22-13-11-20(12-14-22)15-3-5-16(25-2)6-4-15/h3-6H,7-14H2,1-2H3. The van der Waals surface area contributed by atoms with Crippen LogP contribution >= 0.6 is 0 Å². The van der Waals surface area contributed by atoms with E-state index in [2.05, 4.69) is 9.80 Å². The summed E-state index contributed by atoms with van der Waals surface area (Å²) in [5, 5.41) is 0. The molecule has 0 aliphatic carbocycles. The van der Waals surface area contributed by atoms with Crippen LogP contribution in [-0.2, 0) is 9.59 Å². The number of rotatable bonds is 2. The monoisotopic (exact) mass is 346 g/mol. The second-order valence-corrected chi connectivity index (χ2v) is 6.57. The fourth-order valence-electron chi connectivity index (χ4n) is 3.24. The summed E-state index contributed by atoms with van der Waals surface area (Å²) >= 11 is 0. The van der Waals surface area contributed by atoms with Crippen LogP contribution in [0.4, 0.5) is 5.69 Å². The first kappa shape index (κ1) is 17.5. The molecule has 0 radical (unpaired) electrons. The molecular formula is C18H26N4O3. The van der Waals surface area contributed by atoms with E-state index in [1.54, 1.807) is 16.9 Å². The third kappa shape index (κ3) is 4.04. The van der Waals surface area contributed by atoms with Crippen molar-refractivity contribution in [2.24, 2.45) is 0 Å². The SMILES string of the molecule is COc1ccc(N2CCN(C(=O)C(=O)N3CCN(C)CC3)CC2)cc1. The van der Waals surface area contributed by atoms with Crippen LogP contribution in [0, 0.1) is 0 Å². The van der Waals surface area contributed by atoms with E-state index < -0.39 is 0 Å². The van der Waals surface area contributed by atoms with E-state index in [1.165, 1.54) is 0 Å². The van der Waals surface area contributed by atoms with Crippen molar-refractivity contribution in [1.82, 2.24) is 14.7 Å². The van der Waals surface area contributed by atoms with Crippen molar-refractivity contribution < 1.29 is 14.3 Å². The van der Waals surface area contributed by atoms with E-state index in [1.807, 2.05) is 31.3 Å². The first-order valence-corrected chi connectivity index (χ1v) is 8.74. The van der Waals surface area contributed by atoms with Crippen LogP contribution in [0.3, 0.4) is 0 Å². The van der Waals surface area contributed by atoms with Crippen LogP contribution < -0.4 is 9.64 Å². The lowest BCUT2D eigenvalue weighted by Gasteiger charge is -2.37. The number of ether oxygens (including phenoxy) is 1. The highest BCUT2D eigenvalue weighted by molar-refractivity contribution is 6.35. The highest BCUT2D eigenvalue weighted by Gasteiger charge is 2.30. The van der Waals surface area contributed by atoms with Gasteiger partial charge in [0, 0.05) is 58.0 Å². The van der Waals surface area contributed by atoms with E-state index in [0.29, 0.717) is 26.2 Å². The zero-order valence-electron chi connectivity index (χ0n) is 15.0. The lowest BCUT2D eigenvalue weighted by Crippen LogP contribution is -2.56. The van der Waals surface area contributed by atoms with Crippen molar-refractivity contribution in [1.29, 1.82) is 0 Å². The number of likely N-dealkylation sites (N-methyl/N-ethyl adjacent to an activating group) is 1. The summed E-state index contributed by atoms with van der Waals surface area (Å²) in [6, 6.07) is 7.91. The van der Waals surface area contributed by atoms with Gasteiger partial charge >= 0.3 is 11.8 Å². The molecule has 0 spiro atoms. The highest BCUT2D eigenvalue weighted by atomic mass is 16.5. The summed E-state index contributed by atoms with van der Waals surface area (Å²) in [7, 11) is 3.68. The van der Waals surface area contributed by atoms with Gasteiger partial charge in [0.05, 0.1) is 7.11 Å². The Morgan fingerprint density at radius 3 is 1.76 bits per heavy atom. The number of piperazine rings is 2. The number of benzene rings is 1. The molecule has 0 bridgehead atoms. The van der Waals surface area contributed by atoms with Crippen molar-refractivity contribution in [2.45, 2.75) is 0 Å². The molecule has 2 saturated heterocycles. The van der Waals surface area contributed by atoms with Gasteiger partial charge in [0.1, 0.15) is 5.75 Å². The number of hydrogen-bond donors (Lipinski definition) is 0. The van der Waals surface area contributed by atoms with Crippen molar-refractivity contribution in [3.8, 4) is 5.75 Å². The molecule has 3 rings (SSSR count). The molecule has 1 aromatic carbocycles. The second kappa shape index (κ2) is 7.74. The van der Waals surface area contributed by atoms with Gasteiger partial charge in [-0.3, -0.25) is 9.59 Å². The van der Waals surface area contributed by atoms with E-state index in [-0.39, 0.29) is 11.8 Å². The number of carbonyl (C=O) groups is 2. The summed E-state index contributed by atoms with van der Waals surface area (Å²) < 4.78 is 5.18. The summed E-state index contributed by atoms with van der Waals surface area (Å²) in [4.78, 5) is 32.7. The van der Waals surface area contributed by atoms with E-state index in [9.17, 15) is 9.59 Å². The molecule has 25 heavy (non-hydrogen) atoms. The Kier molecular flexibility index (Phi) is 5.43. The highest BCUT2D eigenvalue weighted by Crippen LogP contribution is 2.20. The van der Waals surface area contributed by atoms with Crippen molar-refractivity contribution in [3.05, 3.63) is 24.3 Å². The van der Waals surface area contributed by atoms with Crippen LogP contribution in [0.25, 0.3) is 0 Å². The summed E-state index contributed by atoms with van der Waals surface area (Å²) in [5.74, 6) is 0.111. The molecule has 0 atom stereocenters. The minimum atomic E-state index is -0.362. The Balaban J connectivity index is 1.52. The fourth-order valence-corrected chi connectivity index (χ4v) is 3.24. The van der Waals surface area contributed by atoms with Gasteiger partial charge < -0.3 is 24.3 Å². The van der Waals surface area contributed by atoms with Gasteiger partial charge in [-0.2, -0.15) is 0 Å². The molecule has 1 aromatic rings. The van der Waals surface area contributed by atoms with Gasteiger partial charge in [0.15, 0.2) is 0 Å². The van der Waals surface area contributed by atoms with E-state index >= 15 is 0 Å². The molecule has 0 aromatic heterocycles. The van der Waals surface area contributed by atoms with Crippen LogP contribution in [0.5, 0.6) is 5.75 Å². The largest absolute Gasteiger partial charge is 0.497 e. The summed E-state index contributed by atoms with van der Waals surface area (Å²) in [5.41, 5.74) is 1.11. The van der Waals surface area contributed by atoms with Crippen LogP contribution in [0.1, 0.15) is 0 Å². The number of methoxy groups -OCH3 is 1. The Morgan fingerprint density at radius 1 is 0.800 bits per heavy atom. The smallest absolute Gasteiger partial charge is 0.312 e. The van der Waals surface area contributed by atoms with Gasteiger partial charge in [-0.1, -0.05) is 0 Å². The van der Waals surface area contributed by atoms with Gasteiger partial charge in [0.25, 0.3) is 0 Å². The quantitative estimate of drug-likeness (QED) is 0.712. The Morgan fingerprint density at radius 2 is 1.28 bits per heavy atom. The van der Waals surface area contributed by atoms with Gasteiger partial charge in [-0.05, 0) is 31.3 Å². The van der Waals surface area contributed by atoms with E-state index in [4.69, 9.17) is 4.74 Å². The average Bonchev–Trinajstić information content (AvgIpc) is 2.67. The van der Waals surface area contributed by atoms with Gasteiger partial charge in [-0.15, -0.1) is 0 Å². The Labute approximate surface area is 148 Å². The van der Waals surface area contributed by atoms with Gasteiger partial charge in [-0.25, -0.2) is 0 Å². The minimum absolute atomic E-state index is 0.356. The third-order valence-corrected chi connectivity index (χ3v) is 4.98. The molecule has 136 valence electrons. The molecule has 0 N–H and O–H groups in total. The van der Waals surface area contributed by atoms with Crippen molar-refractivity contribution in [2.75, 3.05) is 71.4 Å². The van der Waals surface area contributed by atoms with Crippen LogP contribution in [-0.4, -0.2) is 93.0 Å². The normalized spacial score (nSPS) is 19.0. The maximum atomic E-state index is 12.5. The molecular weight excluding hydrogens is 320 g/mol. The fraction of sp³-hybridized carbons (Fsp3) is 0.556. The number of nitrogens with zero attached hydrogens (tertiary/aromatic N) is 4. The molecule has 2 amide bonds. The molecule has 0 saturated carbocycles. The molecule has 2 heterocycles. The minimum Gasteiger partial charge on any atom is -0.497 e. The lowest BCUT2D eigenvalue weighted by molar-refractivity contribution is -0.152. The number of hydrogen-bond acceptors (Lipinski definition) is 5. The van der Waals surface area contributed by atoms with Gasteiger partial charge in [0.2, 0.25) is 0 Å². The number of carbonyl (C=O) groups excluding carboxylic acids is 2. The number of anilines is 1. The molecule has 7 nitrogen and oxygen atoms in total. The zero-order chi connectivity index (χ0) is 17.8. The molecule has 7 heteroatoms. The lowest BCUT2D eigenvalue weighted by atomic mass is 10.2. The zero-order valence-corrected chi connectivity index (χ0v) is 15.0. The Bertz CT molecular complexity index is 603. The molecule has 0 unspecified atom stereocenters. The topological polar surface area (TPSA) is 56.3 Å². The predicted molar refractivity (Wildman–Crippen MR) is 95.9 cm³/mol. The first-order valence-electron chi connectivity index (χ1n) is 8.74. The first-order chi connectivity index (χ1) is 12.1. The molecule has 2 aliphatic heterocycles. The summed E-state index contributed by atoms with van der Waals surface area (Å²) in [6.07, 6.45) is 0. The van der Waals surface area contributed by atoms with E-state index in [0.717, 1.165) is 37.6 Å². The van der Waals surface area contributed by atoms with Crippen molar-refractivity contribution in [3.63, 3.8) is 0 Å².